The summed E-state index contributed by atoms with van der Waals surface area (Å²) in [4.78, 5) is 6.12. The predicted octanol–water partition coefficient (Wildman–Crippen LogP) is 2.38. The third-order valence-electron chi connectivity index (χ3n) is 2.98. The standard InChI is InChI=1S/C14H19N3O/c1-10-11-7-5-6-8-12(11)18-13(10)9-16-14(15-2)17(3)4/h5-8H,9H2,1-4H3,(H,15,16). The van der Waals surface area contributed by atoms with Crippen LogP contribution in [0.5, 0.6) is 0 Å². The van der Waals surface area contributed by atoms with Crippen molar-refractivity contribution in [3.63, 3.8) is 0 Å². The third-order valence-corrected chi connectivity index (χ3v) is 2.98. The Morgan fingerprint density at radius 2 is 2.06 bits per heavy atom. The van der Waals surface area contributed by atoms with E-state index in [2.05, 4.69) is 23.3 Å². The summed E-state index contributed by atoms with van der Waals surface area (Å²) < 4.78 is 5.84. The first kappa shape index (κ1) is 12.5. The van der Waals surface area contributed by atoms with E-state index in [4.69, 9.17) is 4.42 Å². The Balaban J connectivity index is 2.20. The summed E-state index contributed by atoms with van der Waals surface area (Å²) in [6.45, 7) is 2.73. The highest BCUT2D eigenvalue weighted by molar-refractivity contribution is 5.82. The van der Waals surface area contributed by atoms with Crippen LogP contribution in [-0.4, -0.2) is 32.0 Å². The van der Waals surface area contributed by atoms with Crippen LogP contribution in [0, 0.1) is 6.92 Å². The van der Waals surface area contributed by atoms with Gasteiger partial charge in [0.05, 0.1) is 6.54 Å². The smallest absolute Gasteiger partial charge is 0.193 e. The minimum Gasteiger partial charge on any atom is -0.459 e. The van der Waals surface area contributed by atoms with E-state index in [0.29, 0.717) is 6.54 Å². The molecule has 0 aliphatic rings. The lowest BCUT2D eigenvalue weighted by atomic mass is 10.1. The zero-order valence-electron chi connectivity index (χ0n) is 11.3. The Morgan fingerprint density at radius 3 is 2.67 bits per heavy atom. The molecule has 4 nitrogen and oxygen atoms in total. The number of hydrogen-bond acceptors (Lipinski definition) is 2. The Hall–Kier alpha value is -1.97. The van der Waals surface area contributed by atoms with Gasteiger partial charge in [0, 0.05) is 32.1 Å². The number of nitrogens with one attached hydrogen (secondary N) is 1. The van der Waals surface area contributed by atoms with Crippen molar-refractivity contribution < 1.29 is 4.42 Å². The van der Waals surface area contributed by atoms with E-state index in [1.54, 1.807) is 7.05 Å². The minimum atomic E-state index is 0.644. The van der Waals surface area contributed by atoms with Crippen molar-refractivity contribution in [1.82, 2.24) is 10.2 Å². The lowest BCUT2D eigenvalue weighted by molar-refractivity contribution is 0.518. The van der Waals surface area contributed by atoms with Gasteiger partial charge in [0.15, 0.2) is 5.96 Å². The van der Waals surface area contributed by atoms with Crippen molar-refractivity contribution >= 4 is 16.9 Å². The number of para-hydroxylation sites is 1. The molecule has 2 aromatic rings. The van der Waals surface area contributed by atoms with E-state index >= 15 is 0 Å². The number of aryl methyl sites for hydroxylation is 1. The molecule has 18 heavy (non-hydrogen) atoms. The molecular formula is C14H19N3O. The average Bonchev–Trinajstić information content (AvgIpc) is 2.67. The lowest BCUT2D eigenvalue weighted by Crippen LogP contribution is -2.35. The van der Waals surface area contributed by atoms with Crippen LogP contribution in [-0.2, 0) is 6.54 Å². The molecule has 1 N–H and O–H groups in total. The summed E-state index contributed by atoms with van der Waals surface area (Å²) in [5.74, 6) is 1.80. The summed E-state index contributed by atoms with van der Waals surface area (Å²) in [5, 5.41) is 4.44. The fourth-order valence-corrected chi connectivity index (χ4v) is 1.99. The van der Waals surface area contributed by atoms with Crippen LogP contribution in [0.25, 0.3) is 11.0 Å². The van der Waals surface area contributed by atoms with Gasteiger partial charge < -0.3 is 14.6 Å². The Kier molecular flexibility index (Phi) is 3.55. The van der Waals surface area contributed by atoms with Gasteiger partial charge in [-0.2, -0.15) is 0 Å². The van der Waals surface area contributed by atoms with Gasteiger partial charge in [-0.05, 0) is 13.0 Å². The van der Waals surface area contributed by atoms with E-state index in [9.17, 15) is 0 Å². The van der Waals surface area contributed by atoms with Gasteiger partial charge in [0.1, 0.15) is 11.3 Å². The largest absolute Gasteiger partial charge is 0.459 e. The molecule has 2 rings (SSSR count). The highest BCUT2D eigenvalue weighted by atomic mass is 16.3. The van der Waals surface area contributed by atoms with E-state index < -0.39 is 0 Å². The van der Waals surface area contributed by atoms with Crippen molar-refractivity contribution in [2.45, 2.75) is 13.5 Å². The van der Waals surface area contributed by atoms with E-state index in [0.717, 1.165) is 17.3 Å². The fourth-order valence-electron chi connectivity index (χ4n) is 1.99. The van der Waals surface area contributed by atoms with E-state index in [1.807, 2.05) is 37.2 Å². The highest BCUT2D eigenvalue weighted by Gasteiger charge is 2.10. The zero-order chi connectivity index (χ0) is 13.1. The topological polar surface area (TPSA) is 40.8 Å². The number of aliphatic imine (C=N–C) groups is 1. The van der Waals surface area contributed by atoms with Crippen molar-refractivity contribution in [2.24, 2.45) is 4.99 Å². The molecule has 1 aromatic heterocycles. The number of guanidine groups is 1. The Bertz CT molecular complexity index is 569. The molecule has 0 bridgehead atoms. The summed E-state index contributed by atoms with van der Waals surface area (Å²) >= 11 is 0. The van der Waals surface area contributed by atoms with Crippen LogP contribution >= 0.6 is 0 Å². The molecule has 0 aliphatic carbocycles. The molecule has 0 saturated carbocycles. The molecule has 0 radical (unpaired) electrons. The molecule has 1 heterocycles. The van der Waals surface area contributed by atoms with Gasteiger partial charge in [0.25, 0.3) is 0 Å². The molecule has 0 unspecified atom stereocenters. The van der Waals surface area contributed by atoms with Crippen LogP contribution in [0.15, 0.2) is 33.7 Å². The SMILES string of the molecule is CN=C(NCc1oc2ccccc2c1C)N(C)C. The number of benzene rings is 1. The van der Waals surface area contributed by atoms with Crippen LogP contribution in [0.3, 0.4) is 0 Å². The van der Waals surface area contributed by atoms with Crippen LogP contribution < -0.4 is 5.32 Å². The van der Waals surface area contributed by atoms with Crippen molar-refractivity contribution in [2.75, 3.05) is 21.1 Å². The summed E-state index contributed by atoms with van der Waals surface area (Å²) in [5.41, 5.74) is 2.12. The number of nitrogens with zero attached hydrogens (tertiary/aromatic N) is 2. The fraction of sp³-hybridized carbons (Fsp3) is 0.357. The van der Waals surface area contributed by atoms with Crippen molar-refractivity contribution in [3.05, 3.63) is 35.6 Å². The molecule has 0 saturated heterocycles. The molecule has 96 valence electrons. The van der Waals surface area contributed by atoms with Gasteiger partial charge in [-0.15, -0.1) is 0 Å². The first-order valence-corrected chi connectivity index (χ1v) is 5.98. The summed E-state index contributed by atoms with van der Waals surface area (Å²) in [6, 6.07) is 8.09. The molecule has 0 amide bonds. The van der Waals surface area contributed by atoms with Gasteiger partial charge >= 0.3 is 0 Å². The van der Waals surface area contributed by atoms with Crippen LogP contribution in [0.4, 0.5) is 0 Å². The maximum absolute atomic E-state index is 5.84. The van der Waals surface area contributed by atoms with Gasteiger partial charge in [-0.25, -0.2) is 0 Å². The third kappa shape index (κ3) is 2.32. The van der Waals surface area contributed by atoms with E-state index in [1.165, 1.54) is 10.9 Å². The minimum absolute atomic E-state index is 0.644. The lowest BCUT2D eigenvalue weighted by Gasteiger charge is -2.16. The monoisotopic (exact) mass is 245 g/mol. The first-order valence-electron chi connectivity index (χ1n) is 5.98. The second kappa shape index (κ2) is 5.12. The highest BCUT2D eigenvalue weighted by Crippen LogP contribution is 2.24. The maximum atomic E-state index is 5.84. The molecule has 0 spiro atoms. The predicted molar refractivity (Wildman–Crippen MR) is 74.8 cm³/mol. The summed E-state index contributed by atoms with van der Waals surface area (Å²) in [6.07, 6.45) is 0. The number of hydrogen-bond donors (Lipinski definition) is 1. The van der Waals surface area contributed by atoms with Gasteiger partial charge in [-0.1, -0.05) is 18.2 Å². The van der Waals surface area contributed by atoms with Crippen molar-refractivity contribution in [1.29, 1.82) is 0 Å². The molecule has 0 fully saturated rings. The van der Waals surface area contributed by atoms with E-state index in [-0.39, 0.29) is 0 Å². The van der Waals surface area contributed by atoms with Gasteiger partial charge in [0.2, 0.25) is 0 Å². The number of rotatable bonds is 2. The normalized spacial score (nSPS) is 11.9. The number of furan rings is 1. The van der Waals surface area contributed by atoms with Crippen LogP contribution in [0.2, 0.25) is 0 Å². The zero-order valence-corrected chi connectivity index (χ0v) is 11.3. The molecule has 0 aliphatic heterocycles. The molecule has 4 heteroatoms. The maximum Gasteiger partial charge on any atom is 0.193 e. The first-order chi connectivity index (χ1) is 8.63. The Labute approximate surface area is 107 Å². The second-order valence-electron chi connectivity index (χ2n) is 4.44. The number of fused-ring (bicyclic) bond motifs is 1. The second-order valence-corrected chi connectivity index (χ2v) is 4.44. The molecule has 1 aromatic carbocycles. The molecular weight excluding hydrogens is 226 g/mol. The average molecular weight is 245 g/mol. The quantitative estimate of drug-likeness (QED) is 0.652. The van der Waals surface area contributed by atoms with Gasteiger partial charge in [-0.3, -0.25) is 4.99 Å². The molecule has 0 atom stereocenters. The Morgan fingerprint density at radius 1 is 1.33 bits per heavy atom. The summed E-state index contributed by atoms with van der Waals surface area (Å²) in [7, 11) is 5.69. The van der Waals surface area contributed by atoms with Crippen LogP contribution in [0.1, 0.15) is 11.3 Å². The van der Waals surface area contributed by atoms with Crippen molar-refractivity contribution in [3.8, 4) is 0 Å².